The minimum atomic E-state index is 0.191. The standard InChI is InChI=1S/C16H17N3O/c1-2-9-19-15-6-4-3-5-14(15)18-16(19)10-12-7-8-13(20)11-17-12/h3-8,11,20H,2,9-10H2,1H3. The van der Waals surface area contributed by atoms with Crippen molar-refractivity contribution in [3.05, 3.63) is 54.1 Å². The first-order valence-electron chi connectivity index (χ1n) is 6.86. The zero-order chi connectivity index (χ0) is 13.9. The number of hydrogen-bond donors (Lipinski definition) is 1. The molecule has 0 spiro atoms. The lowest BCUT2D eigenvalue weighted by Crippen LogP contribution is -2.05. The minimum Gasteiger partial charge on any atom is -0.506 e. The van der Waals surface area contributed by atoms with Gasteiger partial charge in [0.15, 0.2) is 0 Å². The van der Waals surface area contributed by atoms with E-state index in [1.165, 1.54) is 11.7 Å². The Morgan fingerprint density at radius 1 is 1.15 bits per heavy atom. The van der Waals surface area contributed by atoms with Crippen molar-refractivity contribution < 1.29 is 5.11 Å². The topological polar surface area (TPSA) is 50.9 Å². The number of aromatic hydroxyl groups is 1. The summed E-state index contributed by atoms with van der Waals surface area (Å²) >= 11 is 0. The van der Waals surface area contributed by atoms with Crippen molar-refractivity contribution in [2.75, 3.05) is 0 Å². The van der Waals surface area contributed by atoms with Crippen LogP contribution in [0.3, 0.4) is 0 Å². The number of benzene rings is 1. The van der Waals surface area contributed by atoms with Crippen LogP contribution in [0.2, 0.25) is 0 Å². The van der Waals surface area contributed by atoms with Gasteiger partial charge in [-0.1, -0.05) is 19.1 Å². The van der Waals surface area contributed by atoms with Crippen molar-refractivity contribution in [2.45, 2.75) is 26.3 Å². The molecule has 0 aliphatic heterocycles. The summed E-state index contributed by atoms with van der Waals surface area (Å²) in [4.78, 5) is 8.95. The molecule has 0 fully saturated rings. The van der Waals surface area contributed by atoms with Crippen LogP contribution < -0.4 is 0 Å². The van der Waals surface area contributed by atoms with Crippen LogP contribution in [0.4, 0.5) is 0 Å². The Kier molecular flexibility index (Phi) is 3.37. The molecule has 0 bridgehead atoms. The van der Waals surface area contributed by atoms with Gasteiger partial charge >= 0.3 is 0 Å². The van der Waals surface area contributed by atoms with E-state index < -0.39 is 0 Å². The molecule has 2 heterocycles. The van der Waals surface area contributed by atoms with Crippen molar-refractivity contribution in [3.63, 3.8) is 0 Å². The summed E-state index contributed by atoms with van der Waals surface area (Å²) in [5.41, 5.74) is 3.10. The molecular formula is C16H17N3O. The number of nitrogens with zero attached hydrogens (tertiary/aromatic N) is 3. The average Bonchev–Trinajstić information content (AvgIpc) is 2.80. The molecular weight excluding hydrogens is 250 g/mol. The van der Waals surface area contributed by atoms with Crippen molar-refractivity contribution in [1.29, 1.82) is 0 Å². The molecule has 3 rings (SSSR count). The van der Waals surface area contributed by atoms with Crippen LogP contribution in [0.15, 0.2) is 42.6 Å². The van der Waals surface area contributed by atoms with Gasteiger partial charge in [0.25, 0.3) is 0 Å². The lowest BCUT2D eigenvalue weighted by molar-refractivity contribution is 0.472. The van der Waals surface area contributed by atoms with Gasteiger partial charge < -0.3 is 9.67 Å². The Balaban J connectivity index is 2.01. The third kappa shape index (κ3) is 2.37. The molecule has 102 valence electrons. The van der Waals surface area contributed by atoms with E-state index in [-0.39, 0.29) is 5.75 Å². The Labute approximate surface area is 117 Å². The molecule has 4 nitrogen and oxygen atoms in total. The lowest BCUT2D eigenvalue weighted by atomic mass is 10.2. The van der Waals surface area contributed by atoms with Gasteiger partial charge in [-0.05, 0) is 30.7 Å². The second kappa shape index (κ2) is 5.33. The summed E-state index contributed by atoms with van der Waals surface area (Å²) in [6.07, 6.45) is 3.22. The number of para-hydroxylation sites is 2. The molecule has 0 atom stereocenters. The lowest BCUT2D eigenvalue weighted by Gasteiger charge is -2.07. The van der Waals surface area contributed by atoms with E-state index >= 15 is 0 Å². The molecule has 0 saturated heterocycles. The average molecular weight is 267 g/mol. The first-order valence-corrected chi connectivity index (χ1v) is 6.86. The van der Waals surface area contributed by atoms with E-state index in [9.17, 15) is 5.11 Å². The van der Waals surface area contributed by atoms with Crippen LogP contribution in [-0.2, 0) is 13.0 Å². The van der Waals surface area contributed by atoms with E-state index in [1.807, 2.05) is 24.3 Å². The number of pyridine rings is 1. The van der Waals surface area contributed by atoms with Crippen LogP contribution in [-0.4, -0.2) is 19.6 Å². The fourth-order valence-electron chi connectivity index (χ4n) is 2.42. The van der Waals surface area contributed by atoms with Crippen molar-refractivity contribution in [3.8, 4) is 5.75 Å². The molecule has 0 saturated carbocycles. The number of fused-ring (bicyclic) bond motifs is 1. The Hall–Kier alpha value is -2.36. The number of imidazole rings is 1. The molecule has 0 aliphatic rings. The van der Waals surface area contributed by atoms with E-state index in [4.69, 9.17) is 4.98 Å². The monoisotopic (exact) mass is 267 g/mol. The van der Waals surface area contributed by atoms with Crippen molar-refractivity contribution in [1.82, 2.24) is 14.5 Å². The molecule has 1 N–H and O–H groups in total. The van der Waals surface area contributed by atoms with Gasteiger partial charge in [0, 0.05) is 18.7 Å². The maximum atomic E-state index is 9.29. The number of hydrogen-bond acceptors (Lipinski definition) is 3. The van der Waals surface area contributed by atoms with Crippen LogP contribution in [0.25, 0.3) is 11.0 Å². The van der Waals surface area contributed by atoms with E-state index in [1.54, 1.807) is 6.07 Å². The largest absolute Gasteiger partial charge is 0.506 e. The predicted molar refractivity (Wildman–Crippen MR) is 78.7 cm³/mol. The first-order chi connectivity index (χ1) is 9.78. The zero-order valence-electron chi connectivity index (χ0n) is 11.5. The SMILES string of the molecule is CCCn1c(Cc2ccc(O)cn2)nc2ccccc21. The Morgan fingerprint density at radius 3 is 2.75 bits per heavy atom. The fourth-order valence-corrected chi connectivity index (χ4v) is 2.42. The Morgan fingerprint density at radius 2 is 2.00 bits per heavy atom. The molecule has 3 aromatic rings. The van der Waals surface area contributed by atoms with Crippen molar-refractivity contribution >= 4 is 11.0 Å². The summed E-state index contributed by atoms with van der Waals surface area (Å²) in [6.45, 7) is 3.12. The Bertz CT molecular complexity index is 716. The van der Waals surface area contributed by atoms with Gasteiger partial charge in [-0.15, -0.1) is 0 Å². The van der Waals surface area contributed by atoms with E-state index in [2.05, 4.69) is 22.5 Å². The predicted octanol–water partition coefficient (Wildman–Crippen LogP) is 3.14. The van der Waals surface area contributed by atoms with Gasteiger partial charge in [-0.3, -0.25) is 4.98 Å². The summed E-state index contributed by atoms with van der Waals surface area (Å²) in [5, 5.41) is 9.29. The van der Waals surface area contributed by atoms with Gasteiger partial charge in [0.05, 0.1) is 17.2 Å². The van der Waals surface area contributed by atoms with Crippen LogP contribution in [0.1, 0.15) is 24.9 Å². The smallest absolute Gasteiger partial charge is 0.133 e. The normalized spacial score (nSPS) is 11.1. The quantitative estimate of drug-likeness (QED) is 0.790. The molecule has 0 aliphatic carbocycles. The highest BCUT2D eigenvalue weighted by Crippen LogP contribution is 2.19. The van der Waals surface area contributed by atoms with E-state index in [0.29, 0.717) is 6.42 Å². The highest BCUT2D eigenvalue weighted by molar-refractivity contribution is 5.75. The third-order valence-electron chi connectivity index (χ3n) is 3.33. The van der Waals surface area contributed by atoms with Crippen LogP contribution >= 0.6 is 0 Å². The number of aromatic nitrogens is 3. The molecule has 0 amide bonds. The highest BCUT2D eigenvalue weighted by Gasteiger charge is 2.10. The first kappa shape index (κ1) is 12.7. The maximum Gasteiger partial charge on any atom is 0.133 e. The van der Waals surface area contributed by atoms with Gasteiger partial charge in [-0.2, -0.15) is 0 Å². The molecule has 20 heavy (non-hydrogen) atoms. The minimum absolute atomic E-state index is 0.191. The second-order valence-electron chi connectivity index (χ2n) is 4.85. The molecule has 2 aromatic heterocycles. The van der Waals surface area contributed by atoms with Crippen LogP contribution in [0.5, 0.6) is 5.75 Å². The van der Waals surface area contributed by atoms with E-state index in [0.717, 1.165) is 30.0 Å². The summed E-state index contributed by atoms with van der Waals surface area (Å²) in [7, 11) is 0. The summed E-state index contributed by atoms with van der Waals surface area (Å²) < 4.78 is 2.25. The molecule has 0 radical (unpaired) electrons. The second-order valence-corrected chi connectivity index (χ2v) is 4.85. The summed E-state index contributed by atoms with van der Waals surface area (Å²) in [6, 6.07) is 11.7. The number of aryl methyl sites for hydroxylation is 1. The number of rotatable bonds is 4. The third-order valence-corrected chi connectivity index (χ3v) is 3.33. The van der Waals surface area contributed by atoms with Crippen molar-refractivity contribution in [2.24, 2.45) is 0 Å². The van der Waals surface area contributed by atoms with Gasteiger partial charge in [-0.25, -0.2) is 4.98 Å². The zero-order valence-corrected chi connectivity index (χ0v) is 11.5. The van der Waals surface area contributed by atoms with Gasteiger partial charge in [0.2, 0.25) is 0 Å². The highest BCUT2D eigenvalue weighted by atomic mass is 16.3. The maximum absolute atomic E-state index is 9.29. The van der Waals surface area contributed by atoms with Gasteiger partial charge in [0.1, 0.15) is 11.6 Å². The van der Waals surface area contributed by atoms with Crippen LogP contribution in [0, 0.1) is 0 Å². The molecule has 0 unspecified atom stereocenters. The molecule has 4 heteroatoms. The molecule has 1 aromatic carbocycles. The summed E-state index contributed by atoms with van der Waals surface area (Å²) in [5.74, 6) is 1.21. The fraction of sp³-hybridized carbons (Fsp3) is 0.250.